The second-order valence-corrected chi connectivity index (χ2v) is 13.4. The smallest absolute Gasteiger partial charge is 0.489 e. The SMILES string of the molecule is CC(C)Oc1cc(C(=O)O)cc2sc(N[C@@H]3C[C@@H]4C[C@H]3C[C@@H]4OCc3c(-c4ccccc4OC(F)(F)F)noc3C3CC3)nc12. The van der Waals surface area contributed by atoms with E-state index in [0.29, 0.717) is 40.1 Å². The van der Waals surface area contributed by atoms with Crippen molar-refractivity contribution in [2.45, 2.75) is 83.1 Å². The van der Waals surface area contributed by atoms with E-state index in [-0.39, 0.29) is 47.7 Å². The fraction of sp³-hybridized carbons (Fsp3) is 0.469. The first-order chi connectivity index (χ1) is 21.5. The summed E-state index contributed by atoms with van der Waals surface area (Å²) in [6, 6.07) is 9.30. The summed E-state index contributed by atoms with van der Waals surface area (Å²) in [5.41, 5.74) is 2.02. The number of carbonyl (C=O) groups is 1. The van der Waals surface area contributed by atoms with Crippen molar-refractivity contribution in [3.05, 3.63) is 53.3 Å². The van der Waals surface area contributed by atoms with Crippen LogP contribution in [0.25, 0.3) is 21.5 Å². The number of aromatic carboxylic acids is 1. The van der Waals surface area contributed by atoms with Crippen LogP contribution in [0, 0.1) is 11.8 Å². The van der Waals surface area contributed by atoms with E-state index in [2.05, 4.69) is 15.2 Å². The number of aromatic nitrogens is 2. The maximum atomic E-state index is 13.1. The fourth-order valence-corrected chi connectivity index (χ4v) is 7.68. The summed E-state index contributed by atoms with van der Waals surface area (Å²) in [4.78, 5) is 16.4. The van der Waals surface area contributed by atoms with Crippen molar-refractivity contribution in [2.75, 3.05) is 5.32 Å². The zero-order chi connectivity index (χ0) is 31.5. The third kappa shape index (κ3) is 6.19. The van der Waals surface area contributed by atoms with Crippen molar-refractivity contribution in [1.29, 1.82) is 0 Å². The molecule has 238 valence electrons. The molecule has 0 aliphatic heterocycles. The number of alkyl halides is 3. The van der Waals surface area contributed by atoms with Gasteiger partial charge >= 0.3 is 12.3 Å². The van der Waals surface area contributed by atoms with E-state index in [9.17, 15) is 23.1 Å². The highest BCUT2D eigenvalue weighted by Crippen LogP contribution is 2.50. The van der Waals surface area contributed by atoms with Crippen LogP contribution in [0.1, 0.15) is 73.6 Å². The molecule has 2 bridgehead atoms. The summed E-state index contributed by atoms with van der Waals surface area (Å²) in [5, 5.41) is 18.1. The van der Waals surface area contributed by atoms with E-state index in [1.807, 2.05) is 13.8 Å². The minimum Gasteiger partial charge on any atom is -0.489 e. The van der Waals surface area contributed by atoms with Gasteiger partial charge in [0.1, 0.15) is 28.5 Å². The molecule has 0 radical (unpaired) electrons. The molecule has 2 heterocycles. The Morgan fingerprint density at radius 1 is 1.13 bits per heavy atom. The number of fused-ring (bicyclic) bond motifs is 3. The van der Waals surface area contributed by atoms with Gasteiger partial charge in [0.2, 0.25) is 0 Å². The van der Waals surface area contributed by atoms with Crippen LogP contribution in [-0.4, -0.2) is 45.8 Å². The molecule has 7 rings (SSSR count). The lowest BCUT2D eigenvalue weighted by Gasteiger charge is -2.28. The maximum Gasteiger partial charge on any atom is 0.573 e. The van der Waals surface area contributed by atoms with Gasteiger partial charge in [-0.05, 0) is 82.1 Å². The monoisotopic (exact) mass is 643 g/mol. The van der Waals surface area contributed by atoms with Crippen LogP contribution in [0.15, 0.2) is 40.9 Å². The lowest BCUT2D eigenvalue weighted by molar-refractivity contribution is -0.274. The minimum atomic E-state index is -4.83. The fourth-order valence-electron chi connectivity index (χ4n) is 6.70. The number of hydrogen-bond acceptors (Lipinski definition) is 9. The van der Waals surface area contributed by atoms with Gasteiger partial charge in [-0.15, -0.1) is 13.2 Å². The van der Waals surface area contributed by atoms with Crippen molar-refractivity contribution in [2.24, 2.45) is 11.8 Å². The number of para-hydroxylation sites is 1. The number of carboxylic acid groups (broad SMARTS) is 1. The van der Waals surface area contributed by atoms with Crippen LogP contribution in [0.5, 0.6) is 11.5 Å². The zero-order valence-electron chi connectivity index (χ0n) is 24.6. The van der Waals surface area contributed by atoms with E-state index < -0.39 is 12.3 Å². The van der Waals surface area contributed by atoms with Crippen molar-refractivity contribution in [3.63, 3.8) is 0 Å². The van der Waals surface area contributed by atoms with Crippen molar-refractivity contribution in [3.8, 4) is 22.8 Å². The predicted molar refractivity (Wildman–Crippen MR) is 160 cm³/mol. The van der Waals surface area contributed by atoms with Crippen molar-refractivity contribution in [1.82, 2.24) is 10.1 Å². The number of rotatable bonds is 11. The van der Waals surface area contributed by atoms with Gasteiger partial charge in [0, 0.05) is 23.1 Å². The molecular formula is C32H32F3N3O6S. The van der Waals surface area contributed by atoms with Gasteiger partial charge in [-0.25, -0.2) is 9.78 Å². The highest BCUT2D eigenvalue weighted by molar-refractivity contribution is 7.22. The third-order valence-corrected chi connectivity index (χ3v) is 9.68. The first-order valence-electron chi connectivity index (χ1n) is 15.1. The van der Waals surface area contributed by atoms with Gasteiger partial charge in [-0.3, -0.25) is 0 Å². The molecule has 3 saturated carbocycles. The molecule has 3 aliphatic rings. The van der Waals surface area contributed by atoms with Crippen molar-refractivity contribution >= 4 is 32.7 Å². The molecule has 4 atom stereocenters. The molecule has 0 spiro atoms. The standard InChI is InChI=1S/C32H32F3N3O6S/c1-15(2)42-25-12-19(30(39)40)13-26-28(25)37-31(45-26)36-22-10-18-9-17(22)11-24(18)41-14-21-27(38-44-29(21)16-7-8-16)20-5-3-4-6-23(20)43-32(33,34)35/h3-6,12-13,15-18,22,24H,7-11,14H2,1-2H3,(H,36,37)(H,39,40)/t17-,18-,22+,24-/m0/s1. The molecule has 2 aromatic carbocycles. The van der Waals surface area contributed by atoms with Crippen LogP contribution in [0.2, 0.25) is 0 Å². The van der Waals surface area contributed by atoms with Crippen LogP contribution in [0.4, 0.5) is 18.3 Å². The Balaban J connectivity index is 1.04. The Kier molecular flexibility index (Phi) is 7.63. The van der Waals surface area contributed by atoms with Crippen LogP contribution < -0.4 is 14.8 Å². The number of hydrogen-bond donors (Lipinski definition) is 2. The summed E-state index contributed by atoms with van der Waals surface area (Å²) in [6.45, 7) is 3.96. The Morgan fingerprint density at radius 3 is 2.62 bits per heavy atom. The number of nitrogens with one attached hydrogen (secondary N) is 1. The largest absolute Gasteiger partial charge is 0.573 e. The number of ether oxygens (including phenoxy) is 3. The lowest BCUT2D eigenvalue weighted by atomic mass is 9.93. The van der Waals surface area contributed by atoms with Gasteiger partial charge < -0.3 is 29.2 Å². The van der Waals surface area contributed by atoms with E-state index in [1.165, 1.54) is 29.5 Å². The molecule has 3 aliphatic carbocycles. The number of halogens is 3. The first-order valence-corrected chi connectivity index (χ1v) is 15.9. The van der Waals surface area contributed by atoms with Gasteiger partial charge in [0.25, 0.3) is 0 Å². The quantitative estimate of drug-likeness (QED) is 0.168. The molecule has 45 heavy (non-hydrogen) atoms. The average molecular weight is 644 g/mol. The Bertz CT molecular complexity index is 1730. The molecule has 13 heteroatoms. The Morgan fingerprint density at radius 2 is 1.93 bits per heavy atom. The van der Waals surface area contributed by atoms with Crippen LogP contribution in [-0.2, 0) is 11.3 Å². The summed E-state index contributed by atoms with van der Waals surface area (Å²) in [5.74, 6) is 0.657. The number of benzene rings is 2. The Labute approximate surface area is 260 Å². The van der Waals surface area contributed by atoms with E-state index >= 15 is 0 Å². The van der Waals surface area contributed by atoms with Gasteiger partial charge in [0.15, 0.2) is 5.13 Å². The molecule has 0 saturated heterocycles. The van der Waals surface area contributed by atoms with Crippen LogP contribution in [0.3, 0.4) is 0 Å². The average Bonchev–Trinajstić information content (AvgIpc) is 3.27. The zero-order valence-corrected chi connectivity index (χ0v) is 25.4. The molecule has 0 amide bonds. The van der Waals surface area contributed by atoms with E-state index in [1.54, 1.807) is 18.2 Å². The van der Waals surface area contributed by atoms with Crippen LogP contribution >= 0.6 is 11.3 Å². The molecule has 2 N–H and O–H groups in total. The summed E-state index contributed by atoms with van der Waals surface area (Å²) in [6.07, 6.45) is -0.358. The van der Waals surface area contributed by atoms with Gasteiger partial charge in [-0.1, -0.05) is 28.6 Å². The molecule has 9 nitrogen and oxygen atoms in total. The molecule has 4 aromatic rings. The topological polar surface area (TPSA) is 116 Å². The lowest BCUT2D eigenvalue weighted by Crippen LogP contribution is -2.32. The van der Waals surface area contributed by atoms with E-state index in [4.69, 9.17) is 19.0 Å². The predicted octanol–water partition coefficient (Wildman–Crippen LogP) is 8.01. The summed E-state index contributed by atoms with van der Waals surface area (Å²) >= 11 is 1.41. The molecule has 3 fully saturated rings. The number of anilines is 1. The van der Waals surface area contributed by atoms with Crippen molar-refractivity contribution < 1.29 is 41.8 Å². The number of carboxylic acids is 1. The van der Waals surface area contributed by atoms with E-state index in [0.717, 1.165) is 41.9 Å². The minimum absolute atomic E-state index is 0.00376. The second-order valence-electron chi connectivity index (χ2n) is 12.3. The highest BCUT2D eigenvalue weighted by atomic mass is 32.1. The molecule has 0 unspecified atom stereocenters. The normalized spacial score (nSPS) is 22.8. The number of nitrogens with zero attached hydrogens (tertiary/aromatic N) is 2. The summed E-state index contributed by atoms with van der Waals surface area (Å²) < 4.78 is 62.4. The molecule has 2 aromatic heterocycles. The number of thiazole rings is 1. The summed E-state index contributed by atoms with van der Waals surface area (Å²) in [7, 11) is 0. The highest BCUT2D eigenvalue weighted by Gasteiger charge is 2.47. The third-order valence-electron chi connectivity index (χ3n) is 8.75. The van der Waals surface area contributed by atoms with Gasteiger partial charge in [0.05, 0.1) is 29.1 Å². The molecular weight excluding hydrogens is 611 g/mol. The Hall–Kier alpha value is -3.84. The van der Waals surface area contributed by atoms with Gasteiger partial charge in [-0.2, -0.15) is 0 Å². The maximum absolute atomic E-state index is 13.1. The second kappa shape index (κ2) is 11.5. The first kappa shape index (κ1) is 29.8.